The Balaban J connectivity index is 1.40. The van der Waals surface area contributed by atoms with Gasteiger partial charge in [0.15, 0.2) is 5.78 Å². The fourth-order valence-electron chi connectivity index (χ4n) is 5.92. The van der Waals surface area contributed by atoms with E-state index in [2.05, 4.69) is 0 Å². The van der Waals surface area contributed by atoms with Gasteiger partial charge >= 0.3 is 11.9 Å². The van der Waals surface area contributed by atoms with Crippen LogP contribution in [0.25, 0.3) is 6.08 Å². The Morgan fingerprint density at radius 2 is 1.30 bits per heavy atom. The van der Waals surface area contributed by atoms with Crippen LogP contribution in [0, 0.1) is 11.8 Å². The molecule has 0 radical (unpaired) electrons. The molecular weight excluding hydrogens is 512 g/mol. The fourth-order valence-corrected chi connectivity index (χ4v) is 5.92. The number of para-hydroxylation sites is 1. The Labute approximate surface area is 229 Å². The van der Waals surface area contributed by atoms with Gasteiger partial charge in [0.25, 0.3) is 0 Å². The highest BCUT2D eigenvalue weighted by atomic mass is 16.5. The van der Waals surface area contributed by atoms with Gasteiger partial charge in [-0.2, -0.15) is 0 Å². The van der Waals surface area contributed by atoms with E-state index < -0.39 is 47.7 Å². The first-order valence-electron chi connectivity index (χ1n) is 12.8. The lowest BCUT2D eigenvalue weighted by atomic mass is 9.86. The van der Waals surface area contributed by atoms with Gasteiger partial charge in [-0.1, -0.05) is 30.4 Å². The lowest BCUT2D eigenvalue weighted by molar-refractivity contribution is -0.132. The molecule has 0 aliphatic carbocycles. The number of ketones is 1. The second-order valence-electron chi connectivity index (χ2n) is 9.89. The lowest BCUT2D eigenvalue weighted by Crippen LogP contribution is -2.48. The van der Waals surface area contributed by atoms with Gasteiger partial charge in [0.1, 0.15) is 17.5 Å². The molecule has 3 aliphatic rings. The summed E-state index contributed by atoms with van der Waals surface area (Å²) in [6, 6.07) is 18.4. The SMILES string of the molecule is CC(=O)Oc1ccc(C(=O)[C@@H]2[C@@H]3C(=O)N(c4ccc(OC(C)=O)cc4)C(=O)[C@@H]3[C@@H]3C=Cc4ccccc4N23)cc1. The first kappa shape index (κ1) is 25.2. The van der Waals surface area contributed by atoms with Crippen molar-refractivity contribution in [2.24, 2.45) is 11.8 Å². The Hall–Kier alpha value is -5.05. The van der Waals surface area contributed by atoms with E-state index in [1.165, 1.54) is 38.1 Å². The van der Waals surface area contributed by atoms with Crippen molar-refractivity contribution in [1.82, 2.24) is 0 Å². The van der Waals surface area contributed by atoms with Crippen molar-refractivity contribution in [3.05, 3.63) is 90.0 Å². The average Bonchev–Trinajstić information content (AvgIpc) is 3.41. The van der Waals surface area contributed by atoms with Crippen LogP contribution in [-0.2, 0) is 19.2 Å². The molecule has 3 aromatic carbocycles. The molecule has 0 aromatic heterocycles. The molecule has 0 unspecified atom stereocenters. The smallest absolute Gasteiger partial charge is 0.308 e. The van der Waals surface area contributed by atoms with Crippen molar-refractivity contribution in [3.63, 3.8) is 0 Å². The van der Waals surface area contributed by atoms with Gasteiger partial charge in [0.05, 0.1) is 23.6 Å². The lowest BCUT2D eigenvalue weighted by Gasteiger charge is -2.36. The van der Waals surface area contributed by atoms with Gasteiger partial charge in [0.2, 0.25) is 11.8 Å². The van der Waals surface area contributed by atoms with Crippen molar-refractivity contribution >= 4 is 47.0 Å². The monoisotopic (exact) mass is 536 g/mol. The number of esters is 2. The van der Waals surface area contributed by atoms with Crippen molar-refractivity contribution < 1.29 is 33.4 Å². The molecule has 0 N–H and O–H groups in total. The minimum absolute atomic E-state index is 0.291. The molecule has 9 heteroatoms. The number of rotatable bonds is 5. The Morgan fingerprint density at radius 3 is 1.93 bits per heavy atom. The first-order chi connectivity index (χ1) is 19.2. The van der Waals surface area contributed by atoms with Gasteiger partial charge in [-0.3, -0.25) is 24.0 Å². The van der Waals surface area contributed by atoms with Crippen LogP contribution in [0.3, 0.4) is 0 Å². The van der Waals surface area contributed by atoms with E-state index in [0.717, 1.165) is 16.2 Å². The standard InChI is InChI=1S/C31H24N2O7/c1-17(34)39-22-12-7-20(8-13-22)29(36)28-27-26(25-16-9-19-5-3-4-6-24(19)33(25)28)30(37)32(31(27)38)21-10-14-23(15-11-21)40-18(2)35/h3-16,25-28H,1-2H3/t25-,26+,27+,28-/m0/s1. The van der Waals surface area contributed by atoms with Crippen LogP contribution in [0.1, 0.15) is 29.8 Å². The maximum absolute atomic E-state index is 14.1. The summed E-state index contributed by atoms with van der Waals surface area (Å²) in [5.41, 5.74) is 2.33. The summed E-state index contributed by atoms with van der Waals surface area (Å²) < 4.78 is 10.2. The number of hydrogen-bond acceptors (Lipinski definition) is 8. The van der Waals surface area contributed by atoms with E-state index in [-0.39, 0.29) is 5.78 Å². The van der Waals surface area contributed by atoms with E-state index in [4.69, 9.17) is 9.47 Å². The summed E-state index contributed by atoms with van der Waals surface area (Å²) >= 11 is 0. The summed E-state index contributed by atoms with van der Waals surface area (Å²) in [7, 11) is 0. The van der Waals surface area contributed by atoms with Crippen molar-refractivity contribution in [1.29, 1.82) is 0 Å². The zero-order valence-corrected chi connectivity index (χ0v) is 21.6. The number of fused-ring (bicyclic) bond motifs is 5. The quantitative estimate of drug-likeness (QED) is 0.210. The van der Waals surface area contributed by atoms with Crippen LogP contribution >= 0.6 is 0 Å². The number of benzene rings is 3. The van der Waals surface area contributed by atoms with E-state index >= 15 is 0 Å². The molecule has 0 spiro atoms. The summed E-state index contributed by atoms with van der Waals surface area (Å²) in [4.78, 5) is 67.6. The predicted molar refractivity (Wildman–Crippen MR) is 145 cm³/mol. The summed E-state index contributed by atoms with van der Waals surface area (Å²) in [6.45, 7) is 2.57. The molecule has 2 fully saturated rings. The molecular formula is C31H24N2O7. The number of imide groups is 1. The zero-order valence-electron chi connectivity index (χ0n) is 21.6. The van der Waals surface area contributed by atoms with Crippen LogP contribution in [0.15, 0.2) is 78.9 Å². The minimum Gasteiger partial charge on any atom is -0.427 e. The third kappa shape index (κ3) is 4.07. The van der Waals surface area contributed by atoms with E-state index in [0.29, 0.717) is 22.7 Å². The van der Waals surface area contributed by atoms with Gasteiger partial charge in [-0.25, -0.2) is 4.90 Å². The Kier molecular flexibility index (Phi) is 6.06. The van der Waals surface area contributed by atoms with Crippen molar-refractivity contribution in [3.8, 4) is 11.5 Å². The van der Waals surface area contributed by atoms with E-state index in [1.54, 1.807) is 24.3 Å². The second-order valence-corrected chi connectivity index (χ2v) is 9.89. The normalized spacial score (nSPS) is 22.4. The van der Waals surface area contributed by atoms with Crippen molar-refractivity contribution in [2.45, 2.75) is 25.9 Å². The number of Topliss-reactive ketones (excluding diaryl/α,β-unsaturated/α-hetero) is 1. The Bertz CT molecular complexity index is 1590. The van der Waals surface area contributed by atoms with Crippen molar-refractivity contribution in [2.75, 3.05) is 9.80 Å². The molecule has 0 bridgehead atoms. The molecule has 6 rings (SSSR count). The molecule has 0 saturated carbocycles. The number of anilines is 2. The Morgan fingerprint density at radius 1 is 0.725 bits per heavy atom. The molecule has 3 heterocycles. The zero-order chi connectivity index (χ0) is 28.1. The third-order valence-corrected chi connectivity index (χ3v) is 7.44. The van der Waals surface area contributed by atoms with Gasteiger partial charge in [-0.05, 0) is 60.2 Å². The number of carbonyl (C=O) groups is 5. The maximum atomic E-state index is 14.1. The molecule has 2 saturated heterocycles. The molecule has 4 atom stereocenters. The number of carbonyl (C=O) groups excluding carboxylic acids is 5. The van der Waals surface area contributed by atoms with Crippen LogP contribution in [-0.4, -0.2) is 41.6 Å². The second kappa shape index (κ2) is 9.60. The van der Waals surface area contributed by atoms with Gasteiger partial charge < -0.3 is 14.4 Å². The summed E-state index contributed by atoms with van der Waals surface area (Å²) in [5.74, 6) is -3.26. The summed E-state index contributed by atoms with van der Waals surface area (Å²) in [6.07, 6.45) is 3.80. The highest BCUT2D eigenvalue weighted by Crippen LogP contribution is 2.49. The maximum Gasteiger partial charge on any atom is 0.308 e. The summed E-state index contributed by atoms with van der Waals surface area (Å²) in [5, 5.41) is 0. The average molecular weight is 537 g/mol. The molecule has 40 heavy (non-hydrogen) atoms. The highest BCUT2D eigenvalue weighted by molar-refractivity contribution is 6.25. The number of nitrogens with zero attached hydrogens (tertiary/aromatic N) is 2. The molecule has 200 valence electrons. The number of ether oxygens (including phenoxy) is 2. The molecule has 9 nitrogen and oxygen atoms in total. The fraction of sp³-hybridized carbons (Fsp3) is 0.194. The topological polar surface area (TPSA) is 110 Å². The van der Waals surface area contributed by atoms with E-state index in [1.807, 2.05) is 41.3 Å². The van der Waals surface area contributed by atoms with Crippen LogP contribution in [0.2, 0.25) is 0 Å². The van der Waals surface area contributed by atoms with Gasteiger partial charge in [0, 0.05) is 25.1 Å². The third-order valence-electron chi connectivity index (χ3n) is 7.44. The molecule has 3 aromatic rings. The highest BCUT2D eigenvalue weighted by Gasteiger charge is 2.64. The largest absolute Gasteiger partial charge is 0.427 e. The van der Waals surface area contributed by atoms with Crippen LogP contribution in [0.4, 0.5) is 11.4 Å². The van der Waals surface area contributed by atoms with E-state index in [9.17, 15) is 24.0 Å². The molecule has 2 amide bonds. The first-order valence-corrected chi connectivity index (χ1v) is 12.8. The number of hydrogen-bond donors (Lipinski definition) is 0. The van der Waals surface area contributed by atoms with Gasteiger partial charge in [-0.15, -0.1) is 0 Å². The van der Waals surface area contributed by atoms with Crippen LogP contribution < -0.4 is 19.3 Å². The molecule has 3 aliphatic heterocycles. The minimum atomic E-state index is -0.942. The predicted octanol–water partition coefficient (Wildman–Crippen LogP) is 3.81. The number of amides is 2. The van der Waals surface area contributed by atoms with Crippen LogP contribution in [0.5, 0.6) is 11.5 Å².